The first-order valence-corrected chi connectivity index (χ1v) is 11.1. The summed E-state index contributed by atoms with van der Waals surface area (Å²) in [5, 5.41) is 6.17. The predicted octanol–water partition coefficient (Wildman–Crippen LogP) is 0.0194. The number of nitrogens with one attached hydrogen (secondary N) is 3. The number of carbonyl (C=O) groups excluding carboxylic acids is 1. The minimum absolute atomic E-state index is 0.0872. The Hall–Kier alpha value is -1.80. The number of rotatable bonds is 6. The molecule has 2 aliphatic heterocycles. The summed E-state index contributed by atoms with van der Waals surface area (Å²) < 4.78 is 5.76. The molecule has 1 amide bonds. The van der Waals surface area contributed by atoms with E-state index >= 15 is 0 Å². The minimum Gasteiger partial charge on any atom is -0.372 e. The molecule has 0 saturated carbocycles. The Bertz CT molecular complexity index is 795. The molecule has 2 aromatic rings. The Balaban J connectivity index is 1.25. The highest BCUT2D eigenvalue weighted by Gasteiger charge is 2.28. The third-order valence-electron chi connectivity index (χ3n) is 5.68. The largest absolute Gasteiger partial charge is 0.372 e. The van der Waals surface area contributed by atoms with Gasteiger partial charge in [-0.1, -0.05) is 12.1 Å². The number of aromatic nitrogens is 1. The Morgan fingerprint density at radius 2 is 2.11 bits per heavy atom. The number of aryl methyl sites for hydroxylation is 1. The van der Waals surface area contributed by atoms with Crippen LogP contribution in [0, 0.1) is 6.92 Å². The summed E-state index contributed by atoms with van der Waals surface area (Å²) in [6.07, 6.45) is 2.87. The zero-order chi connectivity index (χ0) is 19.3. The Morgan fingerprint density at radius 1 is 1.29 bits per heavy atom. The minimum atomic E-state index is 0.0872. The van der Waals surface area contributed by atoms with Gasteiger partial charge in [-0.2, -0.15) is 0 Å². The van der Waals surface area contributed by atoms with Gasteiger partial charge in [-0.05, 0) is 31.9 Å². The summed E-state index contributed by atoms with van der Waals surface area (Å²) in [5.41, 5.74) is 2.85. The second kappa shape index (κ2) is 9.13. The van der Waals surface area contributed by atoms with Crippen LogP contribution in [0.2, 0.25) is 0 Å². The molecule has 0 spiro atoms. The molecule has 4 rings (SSSR count). The van der Waals surface area contributed by atoms with Crippen LogP contribution in [0.5, 0.6) is 0 Å². The van der Waals surface area contributed by atoms with E-state index in [4.69, 9.17) is 4.74 Å². The van der Waals surface area contributed by atoms with Gasteiger partial charge in [-0.15, -0.1) is 11.3 Å². The fraction of sp³-hybridized carbons (Fsp3) is 0.524. The molecule has 2 fully saturated rings. The van der Waals surface area contributed by atoms with E-state index < -0.39 is 0 Å². The van der Waals surface area contributed by atoms with Crippen LogP contribution >= 0.6 is 11.3 Å². The van der Waals surface area contributed by atoms with Crippen LogP contribution in [-0.4, -0.2) is 62.9 Å². The third-order valence-corrected chi connectivity index (χ3v) is 6.45. The quantitative estimate of drug-likeness (QED) is 0.639. The van der Waals surface area contributed by atoms with Crippen LogP contribution in [0.3, 0.4) is 0 Å². The van der Waals surface area contributed by atoms with Crippen LogP contribution < -0.4 is 15.1 Å². The third kappa shape index (κ3) is 5.17. The number of hydrogen-bond acceptors (Lipinski definition) is 4. The summed E-state index contributed by atoms with van der Waals surface area (Å²) >= 11 is 1.64. The summed E-state index contributed by atoms with van der Waals surface area (Å²) in [6.45, 7) is 8.95. The maximum atomic E-state index is 12.5. The standard InChI is InChI=1S/C21H28N4O2S/c1-16-22-20(15-28-16)17-4-2-5-18(12-17)23-21(26)14-25-9-7-24(8-10-25)13-19-6-3-11-27-19/h2,4-5,12,15,19H,3,6-11,13-14H2,1H3,(H,23,26)/p+2/t19-/m0/s1. The van der Waals surface area contributed by atoms with Gasteiger partial charge in [0.1, 0.15) is 38.8 Å². The van der Waals surface area contributed by atoms with Gasteiger partial charge in [0.2, 0.25) is 0 Å². The molecule has 7 heteroatoms. The zero-order valence-corrected chi connectivity index (χ0v) is 17.3. The van der Waals surface area contributed by atoms with E-state index in [2.05, 4.69) is 15.7 Å². The predicted molar refractivity (Wildman–Crippen MR) is 111 cm³/mol. The van der Waals surface area contributed by atoms with Gasteiger partial charge in [-0.25, -0.2) is 4.98 Å². The van der Waals surface area contributed by atoms with Crippen LogP contribution in [-0.2, 0) is 9.53 Å². The van der Waals surface area contributed by atoms with Gasteiger partial charge in [-0.3, -0.25) is 4.79 Å². The van der Waals surface area contributed by atoms with Crippen molar-refractivity contribution in [3.8, 4) is 11.3 Å². The lowest BCUT2D eigenvalue weighted by Gasteiger charge is -2.30. The molecule has 1 aromatic carbocycles. The molecule has 0 radical (unpaired) electrons. The number of hydrogen-bond donors (Lipinski definition) is 3. The zero-order valence-electron chi connectivity index (χ0n) is 16.5. The summed E-state index contributed by atoms with van der Waals surface area (Å²) in [5.74, 6) is 0.0872. The van der Waals surface area contributed by atoms with E-state index in [0.717, 1.165) is 61.3 Å². The molecule has 0 unspecified atom stereocenters. The Morgan fingerprint density at radius 3 is 2.82 bits per heavy atom. The highest BCUT2D eigenvalue weighted by Crippen LogP contribution is 2.24. The number of anilines is 1. The van der Waals surface area contributed by atoms with Gasteiger partial charge >= 0.3 is 0 Å². The van der Waals surface area contributed by atoms with Crippen molar-refractivity contribution in [2.45, 2.75) is 25.9 Å². The SMILES string of the molecule is Cc1nc(-c2cccc(NC(=O)C[NH+]3CC[NH+](C[C@@H]4CCCO4)CC3)c2)cs1. The smallest absolute Gasteiger partial charge is 0.279 e. The molecule has 28 heavy (non-hydrogen) atoms. The summed E-state index contributed by atoms with van der Waals surface area (Å²) in [6, 6.07) is 7.95. The molecule has 3 N–H and O–H groups in total. The van der Waals surface area contributed by atoms with Crippen LogP contribution in [0.15, 0.2) is 29.6 Å². The summed E-state index contributed by atoms with van der Waals surface area (Å²) in [4.78, 5) is 20.1. The number of nitrogens with zero attached hydrogens (tertiary/aromatic N) is 1. The fourth-order valence-corrected chi connectivity index (χ4v) is 4.77. The van der Waals surface area contributed by atoms with Crippen molar-refractivity contribution >= 4 is 22.9 Å². The van der Waals surface area contributed by atoms with Crippen molar-refractivity contribution in [1.82, 2.24) is 4.98 Å². The van der Waals surface area contributed by atoms with Crippen molar-refractivity contribution in [1.29, 1.82) is 0 Å². The van der Waals surface area contributed by atoms with Crippen LogP contribution in [0.25, 0.3) is 11.3 Å². The number of carbonyl (C=O) groups is 1. The Labute approximate surface area is 170 Å². The molecule has 3 heterocycles. The van der Waals surface area contributed by atoms with E-state index in [1.807, 2.05) is 31.2 Å². The van der Waals surface area contributed by atoms with E-state index in [1.165, 1.54) is 17.7 Å². The van der Waals surface area contributed by atoms with Crippen molar-refractivity contribution in [3.05, 3.63) is 34.7 Å². The van der Waals surface area contributed by atoms with E-state index in [-0.39, 0.29) is 5.91 Å². The molecule has 0 aliphatic carbocycles. The summed E-state index contributed by atoms with van der Waals surface area (Å²) in [7, 11) is 0. The van der Waals surface area contributed by atoms with Gasteiger partial charge in [0.15, 0.2) is 6.54 Å². The highest BCUT2D eigenvalue weighted by molar-refractivity contribution is 7.09. The van der Waals surface area contributed by atoms with Crippen molar-refractivity contribution in [3.63, 3.8) is 0 Å². The second-order valence-corrected chi connectivity index (χ2v) is 8.96. The number of quaternary nitrogens is 2. The van der Waals surface area contributed by atoms with E-state index in [1.54, 1.807) is 16.2 Å². The van der Waals surface area contributed by atoms with Crippen molar-refractivity contribution in [2.24, 2.45) is 0 Å². The highest BCUT2D eigenvalue weighted by atomic mass is 32.1. The first-order valence-electron chi connectivity index (χ1n) is 10.3. The molecule has 1 atom stereocenters. The molecule has 150 valence electrons. The monoisotopic (exact) mass is 402 g/mol. The molecular weight excluding hydrogens is 372 g/mol. The fourth-order valence-electron chi connectivity index (χ4n) is 4.15. The van der Waals surface area contributed by atoms with Gasteiger partial charge in [0.25, 0.3) is 5.91 Å². The average Bonchev–Trinajstić information content (AvgIpc) is 3.35. The molecule has 2 saturated heterocycles. The molecular formula is C21H30N4O2S+2. The lowest BCUT2D eigenvalue weighted by atomic mass is 10.1. The molecule has 2 aliphatic rings. The lowest BCUT2D eigenvalue weighted by molar-refractivity contribution is -1.01. The second-order valence-electron chi connectivity index (χ2n) is 7.90. The first kappa shape index (κ1) is 19.5. The first-order chi connectivity index (χ1) is 13.7. The number of ether oxygens (including phenoxy) is 1. The van der Waals surface area contributed by atoms with Crippen molar-refractivity contribution < 1.29 is 19.3 Å². The number of benzene rings is 1. The van der Waals surface area contributed by atoms with Crippen LogP contribution in [0.1, 0.15) is 17.8 Å². The Kier molecular flexibility index (Phi) is 6.36. The molecule has 1 aromatic heterocycles. The maximum absolute atomic E-state index is 12.5. The number of thiazole rings is 1. The van der Waals surface area contributed by atoms with E-state index in [9.17, 15) is 4.79 Å². The average molecular weight is 403 g/mol. The molecule has 0 bridgehead atoms. The number of amides is 1. The topological polar surface area (TPSA) is 60.1 Å². The lowest BCUT2D eigenvalue weighted by Crippen LogP contribution is -3.28. The van der Waals surface area contributed by atoms with E-state index in [0.29, 0.717) is 12.6 Å². The van der Waals surface area contributed by atoms with Crippen LogP contribution in [0.4, 0.5) is 5.69 Å². The maximum Gasteiger partial charge on any atom is 0.279 e. The molecule has 6 nitrogen and oxygen atoms in total. The van der Waals surface area contributed by atoms with Crippen molar-refractivity contribution in [2.75, 3.05) is 51.2 Å². The normalized spacial score (nSPS) is 25.0. The van der Waals surface area contributed by atoms with Gasteiger partial charge < -0.3 is 19.9 Å². The number of piperazine rings is 1. The van der Waals surface area contributed by atoms with Gasteiger partial charge in [0, 0.05) is 23.2 Å². The van der Waals surface area contributed by atoms with Gasteiger partial charge in [0.05, 0.1) is 10.7 Å².